The van der Waals surface area contributed by atoms with E-state index in [-0.39, 0.29) is 6.42 Å². The Hall–Kier alpha value is -1.26. The van der Waals surface area contributed by atoms with Gasteiger partial charge in [-0.15, -0.1) is 0 Å². The monoisotopic (exact) mass is 175 g/mol. The van der Waals surface area contributed by atoms with Gasteiger partial charge in [-0.25, -0.2) is 4.79 Å². The van der Waals surface area contributed by atoms with Crippen LogP contribution in [0.15, 0.2) is 0 Å². The van der Waals surface area contributed by atoms with Gasteiger partial charge in [0.25, 0.3) is 0 Å². The van der Waals surface area contributed by atoms with E-state index in [0.717, 1.165) is 0 Å². The average molecular weight is 175 g/mol. The SMILES string of the molecule is CCOC(=O)NCCCC(=O)O. The van der Waals surface area contributed by atoms with Gasteiger partial charge in [-0.1, -0.05) is 0 Å². The Bertz CT molecular complexity index is 157. The lowest BCUT2D eigenvalue weighted by Gasteiger charge is -2.02. The number of rotatable bonds is 5. The van der Waals surface area contributed by atoms with Crippen LogP contribution < -0.4 is 5.32 Å². The van der Waals surface area contributed by atoms with Crippen LogP contribution in [0, 0.1) is 0 Å². The van der Waals surface area contributed by atoms with Crippen LogP contribution in [-0.2, 0) is 9.53 Å². The molecule has 2 N–H and O–H groups in total. The predicted octanol–water partition coefficient (Wildman–Crippen LogP) is 0.597. The first kappa shape index (κ1) is 10.7. The average Bonchev–Trinajstić information content (AvgIpc) is 1.98. The molecule has 0 aromatic heterocycles. The second-order valence-corrected chi connectivity index (χ2v) is 2.14. The highest BCUT2D eigenvalue weighted by Gasteiger charge is 2.00. The minimum absolute atomic E-state index is 0.0619. The van der Waals surface area contributed by atoms with Crippen LogP contribution in [-0.4, -0.2) is 30.3 Å². The summed E-state index contributed by atoms with van der Waals surface area (Å²) < 4.78 is 4.55. The number of carboxylic acids is 1. The third kappa shape index (κ3) is 6.85. The molecule has 12 heavy (non-hydrogen) atoms. The van der Waals surface area contributed by atoms with Crippen molar-refractivity contribution in [2.24, 2.45) is 0 Å². The minimum Gasteiger partial charge on any atom is -0.481 e. The first-order valence-electron chi connectivity index (χ1n) is 3.79. The summed E-state index contributed by atoms with van der Waals surface area (Å²) in [5, 5.41) is 10.7. The van der Waals surface area contributed by atoms with Crippen molar-refractivity contribution in [2.75, 3.05) is 13.2 Å². The maximum atomic E-state index is 10.6. The molecule has 0 aromatic rings. The van der Waals surface area contributed by atoms with Gasteiger partial charge in [0.1, 0.15) is 0 Å². The van der Waals surface area contributed by atoms with Crippen molar-refractivity contribution in [1.82, 2.24) is 5.32 Å². The Morgan fingerprint density at radius 2 is 2.17 bits per heavy atom. The molecule has 0 saturated carbocycles. The van der Waals surface area contributed by atoms with Gasteiger partial charge in [0, 0.05) is 13.0 Å². The van der Waals surface area contributed by atoms with Gasteiger partial charge < -0.3 is 15.2 Å². The number of amides is 1. The van der Waals surface area contributed by atoms with Crippen molar-refractivity contribution >= 4 is 12.1 Å². The first-order valence-corrected chi connectivity index (χ1v) is 3.79. The Kier molecular flexibility index (Phi) is 5.77. The Morgan fingerprint density at radius 3 is 2.67 bits per heavy atom. The topological polar surface area (TPSA) is 75.6 Å². The maximum absolute atomic E-state index is 10.6. The van der Waals surface area contributed by atoms with Crippen LogP contribution in [0.3, 0.4) is 0 Å². The minimum atomic E-state index is -0.861. The van der Waals surface area contributed by atoms with Crippen molar-refractivity contribution in [2.45, 2.75) is 19.8 Å². The molecule has 0 heterocycles. The lowest BCUT2D eigenvalue weighted by atomic mass is 10.3. The normalized spacial score (nSPS) is 9.08. The van der Waals surface area contributed by atoms with E-state index in [9.17, 15) is 9.59 Å². The number of hydrogen-bond acceptors (Lipinski definition) is 3. The molecule has 0 rings (SSSR count). The number of nitrogens with one attached hydrogen (secondary N) is 1. The van der Waals surface area contributed by atoms with Crippen LogP contribution in [0.4, 0.5) is 4.79 Å². The van der Waals surface area contributed by atoms with Crippen LogP contribution in [0.5, 0.6) is 0 Å². The molecule has 0 aliphatic rings. The van der Waals surface area contributed by atoms with E-state index in [1.54, 1.807) is 6.92 Å². The van der Waals surface area contributed by atoms with E-state index in [1.807, 2.05) is 0 Å². The molecule has 0 unspecified atom stereocenters. The Balaban J connectivity index is 3.19. The van der Waals surface area contributed by atoms with Crippen molar-refractivity contribution in [1.29, 1.82) is 0 Å². The van der Waals surface area contributed by atoms with Crippen LogP contribution in [0.25, 0.3) is 0 Å². The summed E-state index contributed by atoms with van der Waals surface area (Å²) in [5.74, 6) is -0.861. The van der Waals surface area contributed by atoms with Crippen molar-refractivity contribution in [3.63, 3.8) is 0 Å². The van der Waals surface area contributed by atoms with Crippen LogP contribution in [0.2, 0.25) is 0 Å². The quantitative estimate of drug-likeness (QED) is 0.600. The molecule has 0 aliphatic heterocycles. The van der Waals surface area contributed by atoms with Gasteiger partial charge in [0.2, 0.25) is 0 Å². The standard InChI is InChI=1S/C7H13NO4/c1-2-12-7(11)8-5-3-4-6(9)10/h2-5H2,1H3,(H,8,11)(H,9,10). The molecule has 1 amide bonds. The van der Waals surface area contributed by atoms with Gasteiger partial charge in [-0.05, 0) is 13.3 Å². The number of hydrogen-bond donors (Lipinski definition) is 2. The highest BCUT2D eigenvalue weighted by atomic mass is 16.5. The van der Waals surface area contributed by atoms with Crippen molar-refractivity contribution in [3.8, 4) is 0 Å². The van der Waals surface area contributed by atoms with E-state index in [0.29, 0.717) is 19.6 Å². The summed E-state index contributed by atoms with van der Waals surface area (Å²) >= 11 is 0. The fourth-order valence-corrected chi connectivity index (χ4v) is 0.612. The molecule has 0 bridgehead atoms. The highest BCUT2D eigenvalue weighted by Crippen LogP contribution is 1.86. The molecule has 0 atom stereocenters. The molecule has 0 radical (unpaired) electrons. The number of carbonyl (C=O) groups excluding carboxylic acids is 1. The van der Waals surface area contributed by atoms with Crippen molar-refractivity contribution in [3.05, 3.63) is 0 Å². The van der Waals surface area contributed by atoms with Crippen LogP contribution in [0.1, 0.15) is 19.8 Å². The third-order valence-electron chi connectivity index (χ3n) is 1.11. The molecule has 0 saturated heterocycles. The summed E-state index contributed by atoms with van der Waals surface area (Å²) in [6.45, 7) is 2.37. The molecule has 5 nitrogen and oxygen atoms in total. The third-order valence-corrected chi connectivity index (χ3v) is 1.11. The van der Waals surface area contributed by atoms with Gasteiger partial charge >= 0.3 is 12.1 Å². The zero-order valence-electron chi connectivity index (χ0n) is 7.00. The molecule has 0 aromatic carbocycles. The zero-order valence-corrected chi connectivity index (χ0v) is 7.00. The van der Waals surface area contributed by atoms with E-state index in [2.05, 4.69) is 10.1 Å². The van der Waals surface area contributed by atoms with Gasteiger partial charge in [-0.2, -0.15) is 0 Å². The smallest absolute Gasteiger partial charge is 0.407 e. The van der Waals surface area contributed by atoms with E-state index in [4.69, 9.17) is 5.11 Å². The van der Waals surface area contributed by atoms with Gasteiger partial charge in [0.05, 0.1) is 6.61 Å². The predicted molar refractivity (Wildman–Crippen MR) is 41.9 cm³/mol. The van der Waals surface area contributed by atoms with Crippen LogP contribution >= 0.6 is 0 Å². The summed E-state index contributed by atoms with van der Waals surface area (Å²) in [6.07, 6.45) is -0.0107. The number of carbonyl (C=O) groups is 2. The van der Waals surface area contributed by atoms with E-state index in [1.165, 1.54) is 0 Å². The lowest BCUT2D eigenvalue weighted by molar-refractivity contribution is -0.137. The molecule has 5 heteroatoms. The number of carboxylic acid groups (broad SMARTS) is 1. The van der Waals surface area contributed by atoms with Crippen molar-refractivity contribution < 1.29 is 19.4 Å². The second-order valence-electron chi connectivity index (χ2n) is 2.14. The molecular weight excluding hydrogens is 162 g/mol. The lowest BCUT2D eigenvalue weighted by Crippen LogP contribution is -2.25. The zero-order chi connectivity index (χ0) is 9.40. The maximum Gasteiger partial charge on any atom is 0.407 e. The Morgan fingerprint density at radius 1 is 1.50 bits per heavy atom. The first-order chi connectivity index (χ1) is 5.66. The van der Waals surface area contributed by atoms with E-state index >= 15 is 0 Å². The fraction of sp³-hybridized carbons (Fsp3) is 0.714. The van der Waals surface area contributed by atoms with E-state index < -0.39 is 12.1 Å². The molecule has 0 fully saturated rings. The van der Waals surface area contributed by atoms with Gasteiger partial charge in [-0.3, -0.25) is 4.79 Å². The molecule has 70 valence electrons. The Labute approximate surface area is 70.7 Å². The highest BCUT2D eigenvalue weighted by molar-refractivity contribution is 5.68. The number of ether oxygens (including phenoxy) is 1. The summed E-state index contributed by atoms with van der Waals surface area (Å²) in [5.41, 5.74) is 0. The largest absolute Gasteiger partial charge is 0.481 e. The van der Waals surface area contributed by atoms with Gasteiger partial charge in [0.15, 0.2) is 0 Å². The number of alkyl carbamates (subject to hydrolysis) is 1. The molecule has 0 aliphatic carbocycles. The fourth-order valence-electron chi connectivity index (χ4n) is 0.612. The summed E-state index contributed by atoms with van der Waals surface area (Å²) in [4.78, 5) is 20.6. The second kappa shape index (κ2) is 6.45. The molecular formula is C7H13NO4. The number of aliphatic carboxylic acids is 1. The summed E-state index contributed by atoms with van der Waals surface area (Å²) in [6, 6.07) is 0. The summed E-state index contributed by atoms with van der Waals surface area (Å²) in [7, 11) is 0. The molecule has 0 spiro atoms.